The van der Waals surface area contributed by atoms with Gasteiger partial charge in [0.1, 0.15) is 4.34 Å². The van der Waals surface area contributed by atoms with E-state index in [1.165, 1.54) is 5.56 Å². The average molecular weight is 399 g/mol. The molecule has 1 atom stereocenters. The van der Waals surface area contributed by atoms with Gasteiger partial charge < -0.3 is 5.32 Å². The van der Waals surface area contributed by atoms with Gasteiger partial charge in [-0.3, -0.25) is 4.79 Å². The van der Waals surface area contributed by atoms with Crippen LogP contribution in [0.3, 0.4) is 0 Å². The zero-order valence-electron chi connectivity index (χ0n) is 12.6. The minimum Gasteiger partial charge on any atom is -0.353 e. The van der Waals surface area contributed by atoms with E-state index in [0.29, 0.717) is 6.42 Å². The van der Waals surface area contributed by atoms with Crippen LogP contribution in [0.5, 0.6) is 0 Å². The second-order valence-corrected chi connectivity index (χ2v) is 8.07. The van der Waals surface area contributed by atoms with Gasteiger partial charge in [-0.2, -0.15) is 0 Å². The van der Waals surface area contributed by atoms with Crippen LogP contribution in [0.15, 0.2) is 38.5 Å². The first-order chi connectivity index (χ1) is 10.6. The van der Waals surface area contributed by atoms with Crippen molar-refractivity contribution in [3.8, 4) is 0 Å². The van der Waals surface area contributed by atoms with Gasteiger partial charge >= 0.3 is 0 Å². The summed E-state index contributed by atoms with van der Waals surface area (Å²) in [5, 5.41) is 4.94. The maximum absolute atomic E-state index is 11.8. The summed E-state index contributed by atoms with van der Waals surface area (Å²) in [6, 6.07) is 8.51. The number of aromatic nitrogens is 1. The number of hydrogen-bond acceptors (Lipinski definition) is 4. The Morgan fingerprint density at radius 3 is 2.82 bits per heavy atom. The average Bonchev–Trinajstić information content (AvgIpc) is 2.93. The largest absolute Gasteiger partial charge is 0.353 e. The molecule has 22 heavy (non-hydrogen) atoms. The minimum atomic E-state index is 0.0455. The monoisotopic (exact) mass is 398 g/mol. The van der Waals surface area contributed by atoms with Crippen LogP contribution in [0.25, 0.3) is 0 Å². The van der Waals surface area contributed by atoms with Crippen molar-refractivity contribution >= 4 is 44.9 Å². The summed E-state index contributed by atoms with van der Waals surface area (Å²) in [6.45, 7) is 4.07. The van der Waals surface area contributed by atoms with Gasteiger partial charge in [0.05, 0.1) is 12.1 Å². The Balaban J connectivity index is 1.83. The van der Waals surface area contributed by atoms with E-state index in [1.807, 2.05) is 24.4 Å². The van der Waals surface area contributed by atoms with E-state index in [1.54, 1.807) is 23.1 Å². The third-order valence-corrected chi connectivity index (χ3v) is 5.84. The van der Waals surface area contributed by atoms with E-state index in [2.05, 4.69) is 45.3 Å². The van der Waals surface area contributed by atoms with Gasteiger partial charge in [-0.05, 0) is 31.0 Å². The van der Waals surface area contributed by atoms with Crippen LogP contribution in [0, 0.1) is 0 Å². The Hall–Kier alpha value is -0.850. The van der Waals surface area contributed by atoms with Crippen molar-refractivity contribution in [2.45, 2.75) is 42.8 Å². The van der Waals surface area contributed by atoms with Crippen LogP contribution in [0.1, 0.15) is 31.5 Å². The molecule has 1 amide bonds. The fourth-order valence-electron chi connectivity index (χ4n) is 1.75. The van der Waals surface area contributed by atoms with E-state index >= 15 is 0 Å². The molecule has 1 aromatic carbocycles. The summed E-state index contributed by atoms with van der Waals surface area (Å²) in [5.74, 6) is 0.934. The van der Waals surface area contributed by atoms with Crippen LogP contribution >= 0.6 is 39.0 Å². The van der Waals surface area contributed by atoms with Crippen molar-refractivity contribution < 1.29 is 4.79 Å². The smallest absolute Gasteiger partial charge is 0.226 e. The Kier molecular flexibility index (Phi) is 6.92. The van der Waals surface area contributed by atoms with Crippen molar-refractivity contribution in [2.75, 3.05) is 0 Å². The quantitative estimate of drug-likeness (QED) is 0.689. The predicted molar refractivity (Wildman–Crippen MR) is 97.4 cm³/mol. The summed E-state index contributed by atoms with van der Waals surface area (Å²) >= 11 is 6.74. The van der Waals surface area contributed by atoms with Gasteiger partial charge in [0.25, 0.3) is 0 Å². The molecule has 118 valence electrons. The molecule has 3 nitrogen and oxygen atoms in total. The molecular formula is C16H19BrN2OS2. The molecule has 2 rings (SSSR count). The lowest BCUT2D eigenvalue weighted by atomic mass is 10.2. The standard InChI is InChI=1S/C16H19BrN2OS2/c1-3-11(2)18-15(20)8-14-10-22-16(19-14)21-9-12-4-6-13(17)7-5-12/h4-7,10-11H,3,8-9H2,1-2H3,(H,18,20)/t11-/m1/s1. The molecular weight excluding hydrogens is 380 g/mol. The Bertz CT molecular complexity index is 613. The third kappa shape index (κ3) is 5.74. The van der Waals surface area contributed by atoms with Gasteiger partial charge in [0.15, 0.2) is 0 Å². The van der Waals surface area contributed by atoms with Crippen LogP contribution < -0.4 is 5.32 Å². The molecule has 0 fully saturated rings. The van der Waals surface area contributed by atoms with Crippen molar-refractivity contribution in [1.29, 1.82) is 0 Å². The van der Waals surface area contributed by atoms with Crippen molar-refractivity contribution in [1.82, 2.24) is 10.3 Å². The molecule has 2 aromatic rings. The van der Waals surface area contributed by atoms with E-state index in [4.69, 9.17) is 0 Å². The molecule has 0 radical (unpaired) electrons. The number of rotatable bonds is 7. The highest BCUT2D eigenvalue weighted by Gasteiger charge is 2.10. The Morgan fingerprint density at radius 1 is 1.41 bits per heavy atom. The van der Waals surface area contributed by atoms with Crippen molar-refractivity contribution in [3.05, 3.63) is 45.4 Å². The molecule has 1 aromatic heterocycles. The maximum atomic E-state index is 11.8. The lowest BCUT2D eigenvalue weighted by molar-refractivity contribution is -0.121. The van der Waals surface area contributed by atoms with E-state index in [9.17, 15) is 4.79 Å². The molecule has 0 bridgehead atoms. The zero-order chi connectivity index (χ0) is 15.9. The number of nitrogens with one attached hydrogen (secondary N) is 1. The molecule has 0 saturated carbocycles. The Labute approximate surface area is 148 Å². The number of carbonyl (C=O) groups excluding carboxylic acids is 1. The molecule has 0 aliphatic rings. The highest BCUT2D eigenvalue weighted by Crippen LogP contribution is 2.26. The first-order valence-electron chi connectivity index (χ1n) is 7.18. The number of amides is 1. The molecule has 6 heteroatoms. The normalized spacial score (nSPS) is 12.1. The molecule has 1 N–H and O–H groups in total. The lowest BCUT2D eigenvalue weighted by Gasteiger charge is -2.10. The number of halogens is 1. The van der Waals surface area contributed by atoms with Gasteiger partial charge in [0, 0.05) is 21.6 Å². The highest BCUT2D eigenvalue weighted by atomic mass is 79.9. The second kappa shape index (κ2) is 8.70. The van der Waals surface area contributed by atoms with Crippen LogP contribution in [0.2, 0.25) is 0 Å². The minimum absolute atomic E-state index is 0.0455. The number of nitrogens with zero attached hydrogens (tertiary/aromatic N) is 1. The SMILES string of the molecule is CC[C@@H](C)NC(=O)Cc1csc(SCc2ccc(Br)cc2)n1. The van der Waals surface area contributed by atoms with Gasteiger partial charge in [-0.15, -0.1) is 11.3 Å². The van der Waals surface area contributed by atoms with Crippen molar-refractivity contribution in [2.24, 2.45) is 0 Å². The van der Waals surface area contributed by atoms with Crippen molar-refractivity contribution in [3.63, 3.8) is 0 Å². The molecule has 0 unspecified atom stereocenters. The third-order valence-electron chi connectivity index (χ3n) is 3.17. The molecule has 0 aliphatic heterocycles. The number of thiazole rings is 1. The molecule has 0 spiro atoms. The number of carbonyl (C=O) groups is 1. The topological polar surface area (TPSA) is 42.0 Å². The van der Waals surface area contributed by atoms with Crippen LogP contribution in [-0.4, -0.2) is 16.9 Å². The first kappa shape index (κ1) is 17.5. The number of benzene rings is 1. The number of thioether (sulfide) groups is 1. The first-order valence-corrected chi connectivity index (χ1v) is 9.83. The van der Waals surface area contributed by atoms with Gasteiger partial charge in [-0.25, -0.2) is 4.98 Å². The van der Waals surface area contributed by atoms with Crippen LogP contribution in [-0.2, 0) is 17.0 Å². The molecule has 1 heterocycles. The summed E-state index contributed by atoms with van der Waals surface area (Å²) in [5.41, 5.74) is 2.11. The highest BCUT2D eigenvalue weighted by molar-refractivity contribution is 9.10. The molecule has 0 saturated heterocycles. The summed E-state index contributed by atoms with van der Waals surface area (Å²) in [6.07, 6.45) is 1.30. The summed E-state index contributed by atoms with van der Waals surface area (Å²) < 4.78 is 2.10. The van der Waals surface area contributed by atoms with E-state index in [0.717, 1.165) is 26.7 Å². The fraction of sp³-hybridized carbons (Fsp3) is 0.375. The predicted octanol–water partition coefficient (Wildman–Crippen LogP) is 4.66. The molecule has 0 aliphatic carbocycles. The second-order valence-electron chi connectivity index (χ2n) is 5.07. The van der Waals surface area contributed by atoms with Gasteiger partial charge in [-0.1, -0.05) is 46.7 Å². The maximum Gasteiger partial charge on any atom is 0.226 e. The summed E-state index contributed by atoms with van der Waals surface area (Å²) in [7, 11) is 0. The summed E-state index contributed by atoms with van der Waals surface area (Å²) in [4.78, 5) is 16.4. The van der Waals surface area contributed by atoms with Gasteiger partial charge in [0.2, 0.25) is 5.91 Å². The fourth-order valence-corrected chi connectivity index (χ4v) is 3.82. The lowest BCUT2D eigenvalue weighted by Crippen LogP contribution is -2.33. The Morgan fingerprint density at radius 2 is 2.14 bits per heavy atom. The van der Waals surface area contributed by atoms with E-state index < -0.39 is 0 Å². The van der Waals surface area contributed by atoms with Crippen LogP contribution in [0.4, 0.5) is 0 Å². The zero-order valence-corrected chi connectivity index (χ0v) is 15.9. The van der Waals surface area contributed by atoms with E-state index in [-0.39, 0.29) is 11.9 Å². The number of hydrogen-bond donors (Lipinski definition) is 1.